The third-order valence-corrected chi connectivity index (χ3v) is 6.96. The number of alkyl halides is 2. The first-order chi connectivity index (χ1) is 16.2. The number of aromatic nitrogens is 2. The Morgan fingerprint density at radius 3 is 2.59 bits per heavy atom. The molecule has 2 heterocycles. The molecular weight excluding hydrogens is 442 g/mol. The topological polar surface area (TPSA) is 93.6 Å². The number of hydrogen-bond donors (Lipinski definition) is 2. The molecule has 1 atom stereocenters. The Morgan fingerprint density at radius 1 is 1.24 bits per heavy atom. The van der Waals surface area contributed by atoms with Crippen LogP contribution in [0.2, 0.25) is 0 Å². The lowest BCUT2D eigenvalue weighted by Gasteiger charge is -2.37. The lowest BCUT2D eigenvalue weighted by Crippen LogP contribution is -2.48. The van der Waals surface area contributed by atoms with Crippen LogP contribution in [-0.4, -0.2) is 45.5 Å². The van der Waals surface area contributed by atoms with Crippen LogP contribution in [-0.2, 0) is 4.79 Å². The smallest absolute Gasteiger partial charge is 0.285 e. The number of aliphatic hydroxyl groups is 1. The maximum Gasteiger partial charge on any atom is 0.285 e. The van der Waals surface area contributed by atoms with Gasteiger partial charge in [-0.2, -0.15) is 5.10 Å². The van der Waals surface area contributed by atoms with Crippen LogP contribution >= 0.6 is 0 Å². The first-order valence-corrected chi connectivity index (χ1v) is 11.9. The number of carbonyl (C=O) groups is 1. The van der Waals surface area contributed by atoms with Crippen molar-refractivity contribution in [2.45, 2.75) is 69.6 Å². The van der Waals surface area contributed by atoms with Gasteiger partial charge in [-0.1, -0.05) is 12.2 Å². The zero-order valence-electron chi connectivity index (χ0n) is 19.2. The highest BCUT2D eigenvalue weighted by molar-refractivity contribution is 5.92. The minimum atomic E-state index is -3.19. The van der Waals surface area contributed by atoms with Crippen molar-refractivity contribution in [2.24, 2.45) is 11.7 Å². The Labute approximate surface area is 196 Å². The Bertz CT molecular complexity index is 1140. The summed E-state index contributed by atoms with van der Waals surface area (Å²) in [4.78, 5) is 13.6. The molecule has 2 aliphatic carbocycles. The number of aliphatic hydroxyl groups excluding tert-OH is 1. The first-order valence-electron chi connectivity index (χ1n) is 11.9. The fourth-order valence-electron chi connectivity index (χ4n) is 4.91. The van der Waals surface area contributed by atoms with Crippen molar-refractivity contribution >= 4 is 22.5 Å². The van der Waals surface area contributed by atoms with Crippen LogP contribution in [0.5, 0.6) is 5.75 Å². The summed E-state index contributed by atoms with van der Waals surface area (Å²) in [5.41, 5.74) is 6.40. The molecule has 2 saturated carbocycles. The molecule has 7 nitrogen and oxygen atoms in total. The number of halogens is 2. The van der Waals surface area contributed by atoms with Crippen LogP contribution in [0.1, 0.15) is 51.5 Å². The molecule has 3 N–H and O–H groups in total. The molecule has 1 unspecified atom stereocenters. The van der Waals surface area contributed by atoms with Crippen LogP contribution in [0.25, 0.3) is 10.9 Å². The average molecular weight is 473 g/mol. The third-order valence-electron chi connectivity index (χ3n) is 6.96. The van der Waals surface area contributed by atoms with Crippen molar-refractivity contribution in [3.63, 3.8) is 0 Å². The van der Waals surface area contributed by atoms with E-state index in [-0.39, 0.29) is 24.4 Å². The third kappa shape index (κ3) is 4.41. The highest BCUT2D eigenvalue weighted by atomic mass is 19.3. The molecule has 5 rings (SSSR count). The van der Waals surface area contributed by atoms with Gasteiger partial charge in [-0.05, 0) is 56.6 Å². The largest absolute Gasteiger partial charge is 0.488 e. The average Bonchev–Trinajstić information content (AvgIpc) is 3.53. The number of anilines is 1. The lowest BCUT2D eigenvalue weighted by molar-refractivity contribution is -0.118. The van der Waals surface area contributed by atoms with Gasteiger partial charge in [0.25, 0.3) is 5.92 Å². The molecule has 2 aromatic rings. The van der Waals surface area contributed by atoms with Crippen LogP contribution in [0.15, 0.2) is 42.3 Å². The van der Waals surface area contributed by atoms with E-state index in [1.165, 1.54) is 23.1 Å². The van der Waals surface area contributed by atoms with Crippen LogP contribution in [0.3, 0.4) is 0 Å². The number of fused-ring (bicyclic) bond motifs is 1. The summed E-state index contributed by atoms with van der Waals surface area (Å²) in [7, 11) is 0. The van der Waals surface area contributed by atoms with E-state index < -0.39 is 17.9 Å². The molecule has 2 fully saturated rings. The van der Waals surface area contributed by atoms with E-state index >= 15 is 0 Å². The van der Waals surface area contributed by atoms with E-state index in [1.54, 1.807) is 12.1 Å². The summed E-state index contributed by atoms with van der Waals surface area (Å²) >= 11 is 0. The van der Waals surface area contributed by atoms with Crippen LogP contribution in [0.4, 0.5) is 14.5 Å². The van der Waals surface area contributed by atoms with E-state index in [2.05, 4.69) is 0 Å². The van der Waals surface area contributed by atoms with Crippen molar-refractivity contribution in [2.75, 3.05) is 11.5 Å². The fourth-order valence-corrected chi connectivity index (χ4v) is 4.91. The van der Waals surface area contributed by atoms with Crippen molar-refractivity contribution in [1.82, 2.24) is 9.78 Å². The number of benzene rings is 1. The molecule has 34 heavy (non-hydrogen) atoms. The Balaban J connectivity index is 1.58. The summed E-state index contributed by atoms with van der Waals surface area (Å²) in [6, 6.07) is 2.71. The molecule has 182 valence electrons. The second-order valence-corrected chi connectivity index (χ2v) is 9.70. The predicted octanol–water partition coefficient (Wildman–Crippen LogP) is 4.07. The van der Waals surface area contributed by atoms with E-state index in [9.17, 15) is 18.7 Å². The molecule has 0 saturated heterocycles. The van der Waals surface area contributed by atoms with Crippen molar-refractivity contribution in [1.29, 1.82) is 0 Å². The van der Waals surface area contributed by atoms with E-state index in [1.807, 2.05) is 10.9 Å². The van der Waals surface area contributed by atoms with Gasteiger partial charge in [0.05, 0.1) is 29.0 Å². The highest BCUT2D eigenvalue weighted by Crippen LogP contribution is 2.43. The minimum Gasteiger partial charge on any atom is -0.488 e. The fraction of sp³-hybridized carbons (Fsp3) is 0.520. The number of carbonyl (C=O) groups excluding carboxylic acids is 1. The van der Waals surface area contributed by atoms with Gasteiger partial charge in [0.1, 0.15) is 11.8 Å². The van der Waals surface area contributed by atoms with Crippen molar-refractivity contribution < 1.29 is 23.4 Å². The quantitative estimate of drug-likeness (QED) is 0.634. The van der Waals surface area contributed by atoms with Gasteiger partial charge in [0.15, 0.2) is 0 Å². The van der Waals surface area contributed by atoms with Crippen molar-refractivity contribution in [3.8, 4) is 5.75 Å². The highest BCUT2D eigenvalue weighted by Gasteiger charge is 2.40. The van der Waals surface area contributed by atoms with Crippen molar-refractivity contribution in [3.05, 3.63) is 42.3 Å². The lowest BCUT2D eigenvalue weighted by atomic mass is 9.87. The number of primary amides is 1. The van der Waals surface area contributed by atoms with Crippen LogP contribution < -0.4 is 15.4 Å². The van der Waals surface area contributed by atoms with E-state index in [0.717, 1.165) is 50.8 Å². The maximum absolute atomic E-state index is 14.6. The summed E-state index contributed by atoms with van der Waals surface area (Å²) in [6.45, 7) is 1.02. The summed E-state index contributed by atoms with van der Waals surface area (Å²) in [5, 5.41) is 15.0. The van der Waals surface area contributed by atoms with Crippen LogP contribution in [0, 0.1) is 5.92 Å². The molecule has 1 aliphatic heterocycles. The normalized spacial score (nSPS) is 25.5. The summed E-state index contributed by atoms with van der Waals surface area (Å²) in [5.74, 6) is -3.16. The number of hydrogen-bond acceptors (Lipinski definition) is 5. The standard InChI is InChI=1S/C25H30F2N4O3/c1-25(26,27)23-4-2-3-20(24(28)33)31(23)21-11-16-13-30(17-7-5-15(14-32)6-8-17)29-19(16)12-22(21)34-18-9-10-18/h2-4,11-13,15,17-18,20,32H,5-10,14H2,1H3,(H2,28,33). The second kappa shape index (κ2) is 8.69. The number of nitrogens with two attached hydrogens (primary N) is 1. The number of nitrogens with zero attached hydrogens (tertiary/aromatic N) is 3. The number of amides is 1. The maximum atomic E-state index is 14.6. The predicted molar refractivity (Wildman–Crippen MR) is 125 cm³/mol. The van der Waals surface area contributed by atoms with Gasteiger partial charge in [0, 0.05) is 31.2 Å². The second-order valence-electron chi connectivity index (χ2n) is 9.70. The van der Waals surface area contributed by atoms with E-state index in [0.29, 0.717) is 22.9 Å². The van der Waals surface area contributed by atoms with Gasteiger partial charge in [-0.3, -0.25) is 9.48 Å². The number of allylic oxidation sites excluding steroid dienone is 3. The Kier molecular flexibility index (Phi) is 5.83. The molecule has 9 heteroatoms. The van der Waals surface area contributed by atoms with Gasteiger partial charge >= 0.3 is 0 Å². The Morgan fingerprint density at radius 2 is 1.97 bits per heavy atom. The number of rotatable bonds is 7. The zero-order valence-corrected chi connectivity index (χ0v) is 19.2. The van der Waals surface area contributed by atoms with E-state index in [4.69, 9.17) is 15.6 Å². The van der Waals surface area contributed by atoms with Gasteiger partial charge in [-0.15, -0.1) is 0 Å². The molecule has 1 aromatic heterocycles. The molecule has 1 amide bonds. The number of ether oxygens (including phenoxy) is 1. The molecule has 3 aliphatic rings. The summed E-state index contributed by atoms with van der Waals surface area (Å²) < 4.78 is 37.3. The van der Waals surface area contributed by atoms with Gasteiger partial charge in [0.2, 0.25) is 5.91 Å². The molecule has 0 bridgehead atoms. The minimum absolute atomic E-state index is 0.0222. The molecule has 1 aromatic carbocycles. The SMILES string of the molecule is CC(F)(F)C1=CC=CC(C(N)=O)N1c1cc2cn(C3CCC(CO)CC3)nc2cc1OC1CC1. The first kappa shape index (κ1) is 22.8. The monoisotopic (exact) mass is 472 g/mol. The summed E-state index contributed by atoms with van der Waals surface area (Å²) in [6.07, 6.45) is 11.7. The Hall–Kier alpha value is -2.94. The molecule has 0 radical (unpaired) electrons. The van der Waals surface area contributed by atoms with Gasteiger partial charge < -0.3 is 20.5 Å². The molecular formula is C25H30F2N4O3. The zero-order chi connectivity index (χ0) is 24.0. The van der Waals surface area contributed by atoms with Gasteiger partial charge in [-0.25, -0.2) is 8.78 Å². The molecule has 0 spiro atoms.